The molecular formula is C20H19N5OS. The van der Waals surface area contributed by atoms with Gasteiger partial charge in [-0.1, -0.05) is 36.0 Å². The summed E-state index contributed by atoms with van der Waals surface area (Å²) in [5.41, 5.74) is 3.77. The number of H-pyrrole nitrogens is 1. The van der Waals surface area contributed by atoms with Crippen molar-refractivity contribution < 1.29 is 4.79 Å². The minimum atomic E-state index is -0.137. The van der Waals surface area contributed by atoms with Gasteiger partial charge < -0.3 is 10.3 Å². The second-order valence-electron chi connectivity index (χ2n) is 6.03. The fraction of sp³-hybridized carbons (Fsp3) is 0.150. The molecule has 0 fully saturated rings. The average molecular weight is 377 g/mol. The minimum absolute atomic E-state index is 0.137. The number of amides is 1. The van der Waals surface area contributed by atoms with E-state index in [0.29, 0.717) is 17.9 Å². The maximum Gasteiger partial charge on any atom is 0.256 e. The summed E-state index contributed by atoms with van der Waals surface area (Å²) in [5.74, 6) is 1.35. The summed E-state index contributed by atoms with van der Waals surface area (Å²) in [6.45, 7) is 2.69. The summed E-state index contributed by atoms with van der Waals surface area (Å²) in [6.07, 6.45) is 1.68. The van der Waals surface area contributed by atoms with Gasteiger partial charge in [0, 0.05) is 23.9 Å². The monoisotopic (exact) mass is 377 g/mol. The van der Waals surface area contributed by atoms with Crippen LogP contribution in [0, 0.1) is 0 Å². The van der Waals surface area contributed by atoms with Crippen LogP contribution in [0.3, 0.4) is 0 Å². The molecular weight excluding hydrogens is 358 g/mol. The number of anilines is 1. The molecule has 0 aliphatic carbocycles. The van der Waals surface area contributed by atoms with E-state index in [1.54, 1.807) is 28.7 Å². The molecule has 6 nitrogen and oxygen atoms in total. The van der Waals surface area contributed by atoms with Crippen LogP contribution in [-0.2, 0) is 12.3 Å². The van der Waals surface area contributed by atoms with Crippen molar-refractivity contribution in [3.05, 3.63) is 71.9 Å². The van der Waals surface area contributed by atoms with E-state index in [2.05, 4.69) is 20.4 Å². The summed E-state index contributed by atoms with van der Waals surface area (Å²) in [4.78, 5) is 20.3. The number of aryl methyl sites for hydroxylation is 1. The first-order chi connectivity index (χ1) is 13.2. The van der Waals surface area contributed by atoms with Crippen molar-refractivity contribution >= 4 is 34.5 Å². The molecule has 1 amide bonds. The molecule has 0 aliphatic heterocycles. The van der Waals surface area contributed by atoms with Crippen LogP contribution in [0.1, 0.15) is 22.8 Å². The standard InChI is InChI=1S/C20H19N5OS/c1-2-25-18(11-12-21-25)24-19(26)15-9-7-14(8-10-15)13-27-20-22-16-5-3-4-6-17(16)23-20/h3-12H,2,13H2,1H3,(H,22,23)(H,24,26). The maximum atomic E-state index is 12.4. The molecule has 2 aromatic heterocycles. The van der Waals surface area contributed by atoms with Gasteiger partial charge in [0.15, 0.2) is 5.16 Å². The van der Waals surface area contributed by atoms with Crippen LogP contribution in [0.5, 0.6) is 0 Å². The predicted octanol–water partition coefficient (Wildman–Crippen LogP) is 4.32. The maximum absolute atomic E-state index is 12.4. The molecule has 0 radical (unpaired) electrons. The van der Waals surface area contributed by atoms with Gasteiger partial charge in [0.1, 0.15) is 5.82 Å². The molecule has 7 heteroatoms. The van der Waals surface area contributed by atoms with E-state index >= 15 is 0 Å². The Labute approximate surface area is 161 Å². The summed E-state index contributed by atoms with van der Waals surface area (Å²) < 4.78 is 1.75. The number of hydrogen-bond acceptors (Lipinski definition) is 4. The van der Waals surface area contributed by atoms with Crippen LogP contribution >= 0.6 is 11.8 Å². The van der Waals surface area contributed by atoms with E-state index in [4.69, 9.17) is 0 Å². The summed E-state index contributed by atoms with van der Waals surface area (Å²) in [6, 6.07) is 17.4. The molecule has 0 saturated heterocycles. The number of nitrogens with zero attached hydrogens (tertiary/aromatic N) is 3. The van der Waals surface area contributed by atoms with Gasteiger partial charge in [-0.05, 0) is 36.8 Å². The van der Waals surface area contributed by atoms with Crippen molar-refractivity contribution in [3.8, 4) is 0 Å². The second kappa shape index (κ2) is 7.67. The summed E-state index contributed by atoms with van der Waals surface area (Å²) in [5, 5.41) is 7.94. The van der Waals surface area contributed by atoms with Gasteiger partial charge in [-0.2, -0.15) is 5.10 Å². The van der Waals surface area contributed by atoms with E-state index in [1.165, 1.54) is 0 Å². The molecule has 4 aromatic rings. The Morgan fingerprint density at radius 3 is 2.74 bits per heavy atom. The van der Waals surface area contributed by atoms with Gasteiger partial charge in [-0.3, -0.25) is 4.79 Å². The molecule has 2 heterocycles. The molecule has 0 saturated carbocycles. The van der Waals surface area contributed by atoms with Crippen LogP contribution in [-0.4, -0.2) is 25.7 Å². The molecule has 2 N–H and O–H groups in total. The topological polar surface area (TPSA) is 75.6 Å². The normalized spacial score (nSPS) is 11.0. The largest absolute Gasteiger partial charge is 0.333 e. The number of carbonyl (C=O) groups is 1. The first-order valence-electron chi connectivity index (χ1n) is 8.72. The van der Waals surface area contributed by atoms with Gasteiger partial charge in [-0.25, -0.2) is 9.67 Å². The highest BCUT2D eigenvalue weighted by Crippen LogP contribution is 2.23. The second-order valence-corrected chi connectivity index (χ2v) is 7.00. The minimum Gasteiger partial charge on any atom is -0.333 e. The Bertz CT molecular complexity index is 1030. The summed E-state index contributed by atoms with van der Waals surface area (Å²) in [7, 11) is 0. The molecule has 27 heavy (non-hydrogen) atoms. The van der Waals surface area contributed by atoms with Crippen molar-refractivity contribution in [2.75, 3.05) is 5.32 Å². The Morgan fingerprint density at radius 1 is 1.15 bits per heavy atom. The highest BCUT2D eigenvalue weighted by atomic mass is 32.2. The van der Waals surface area contributed by atoms with Crippen LogP contribution in [0.4, 0.5) is 5.82 Å². The number of fused-ring (bicyclic) bond motifs is 1. The number of hydrogen-bond donors (Lipinski definition) is 2. The van der Waals surface area contributed by atoms with Gasteiger partial charge in [0.25, 0.3) is 5.91 Å². The third-order valence-electron chi connectivity index (χ3n) is 4.22. The van der Waals surface area contributed by atoms with Crippen molar-refractivity contribution in [2.45, 2.75) is 24.4 Å². The van der Waals surface area contributed by atoms with Crippen molar-refractivity contribution in [2.24, 2.45) is 0 Å². The van der Waals surface area contributed by atoms with Gasteiger partial charge in [-0.15, -0.1) is 0 Å². The third-order valence-corrected chi connectivity index (χ3v) is 5.16. The van der Waals surface area contributed by atoms with Gasteiger partial charge in [0.05, 0.1) is 17.2 Å². The smallest absolute Gasteiger partial charge is 0.256 e. The predicted molar refractivity (Wildman–Crippen MR) is 108 cm³/mol. The molecule has 2 aromatic carbocycles. The number of nitrogens with one attached hydrogen (secondary N) is 2. The number of carbonyl (C=O) groups excluding carboxylic acids is 1. The Morgan fingerprint density at radius 2 is 1.96 bits per heavy atom. The first-order valence-corrected chi connectivity index (χ1v) is 9.71. The van der Waals surface area contributed by atoms with Crippen molar-refractivity contribution in [1.29, 1.82) is 0 Å². The number of rotatable bonds is 6. The van der Waals surface area contributed by atoms with Crippen LogP contribution in [0.15, 0.2) is 66.0 Å². The fourth-order valence-corrected chi connectivity index (χ4v) is 3.62. The lowest BCUT2D eigenvalue weighted by molar-refractivity contribution is 0.102. The molecule has 0 spiro atoms. The fourth-order valence-electron chi connectivity index (χ4n) is 2.78. The lowest BCUT2D eigenvalue weighted by Crippen LogP contribution is -2.15. The van der Waals surface area contributed by atoms with Crippen LogP contribution < -0.4 is 5.32 Å². The molecule has 0 aliphatic rings. The number of para-hydroxylation sites is 2. The highest BCUT2D eigenvalue weighted by Gasteiger charge is 2.09. The Balaban J connectivity index is 1.39. The van der Waals surface area contributed by atoms with Crippen molar-refractivity contribution in [3.63, 3.8) is 0 Å². The van der Waals surface area contributed by atoms with E-state index in [9.17, 15) is 4.79 Å². The zero-order valence-corrected chi connectivity index (χ0v) is 15.7. The van der Waals surface area contributed by atoms with Gasteiger partial charge in [0.2, 0.25) is 0 Å². The van der Waals surface area contributed by atoms with E-state index in [-0.39, 0.29) is 5.91 Å². The van der Waals surface area contributed by atoms with Crippen LogP contribution in [0.2, 0.25) is 0 Å². The first kappa shape index (κ1) is 17.4. The molecule has 0 atom stereocenters. The van der Waals surface area contributed by atoms with Crippen LogP contribution in [0.25, 0.3) is 11.0 Å². The lowest BCUT2D eigenvalue weighted by Gasteiger charge is -2.07. The van der Waals surface area contributed by atoms with E-state index in [0.717, 1.165) is 27.5 Å². The Kier molecular flexibility index (Phi) is 4.93. The zero-order valence-electron chi connectivity index (χ0n) is 14.8. The third kappa shape index (κ3) is 3.88. The van der Waals surface area contributed by atoms with E-state index in [1.807, 2.05) is 55.5 Å². The Hall–Kier alpha value is -3.06. The average Bonchev–Trinajstić information content (AvgIpc) is 3.32. The van der Waals surface area contributed by atoms with E-state index < -0.39 is 0 Å². The molecule has 0 unspecified atom stereocenters. The lowest BCUT2D eigenvalue weighted by atomic mass is 10.1. The number of aromatic amines is 1. The summed E-state index contributed by atoms with van der Waals surface area (Å²) >= 11 is 1.64. The molecule has 4 rings (SSSR count). The zero-order chi connectivity index (χ0) is 18.6. The quantitative estimate of drug-likeness (QED) is 0.491. The number of thioether (sulfide) groups is 1. The number of imidazole rings is 1. The number of benzene rings is 2. The molecule has 136 valence electrons. The number of aromatic nitrogens is 4. The SMILES string of the molecule is CCn1nccc1NC(=O)c1ccc(CSc2nc3ccccc3[nH]2)cc1. The highest BCUT2D eigenvalue weighted by molar-refractivity contribution is 7.98. The van der Waals surface area contributed by atoms with Crippen molar-refractivity contribution in [1.82, 2.24) is 19.7 Å². The van der Waals surface area contributed by atoms with Gasteiger partial charge >= 0.3 is 0 Å². The molecule has 0 bridgehead atoms.